The quantitative estimate of drug-likeness (QED) is 0.736. The normalized spacial score (nSPS) is 11.8. The van der Waals surface area contributed by atoms with Crippen LogP contribution in [-0.2, 0) is 0 Å². The van der Waals surface area contributed by atoms with Crippen LogP contribution in [0.25, 0.3) is 5.65 Å². The summed E-state index contributed by atoms with van der Waals surface area (Å²) in [5.74, 6) is -2.39. The second-order valence-electron chi connectivity index (χ2n) is 4.03. The van der Waals surface area contributed by atoms with E-state index in [-0.39, 0.29) is 5.82 Å². The van der Waals surface area contributed by atoms with Crippen molar-refractivity contribution >= 4 is 17.3 Å². The van der Waals surface area contributed by atoms with Crippen LogP contribution in [0.4, 0.5) is 20.4 Å². The van der Waals surface area contributed by atoms with Crippen LogP contribution >= 0.6 is 0 Å². The lowest BCUT2D eigenvalue weighted by molar-refractivity contribution is -0.0373. The van der Waals surface area contributed by atoms with Crippen molar-refractivity contribution in [3.63, 3.8) is 0 Å². The molecule has 0 aliphatic heterocycles. The number of aromatic nitrogens is 3. The first-order chi connectivity index (χ1) is 9.05. The highest BCUT2D eigenvalue weighted by molar-refractivity contribution is 5.65. The SMILES string of the molecule is CCNc1cn2ccnc2c(NCC(F)(F)CO)n1. The summed E-state index contributed by atoms with van der Waals surface area (Å²) < 4.78 is 27.7. The predicted molar refractivity (Wildman–Crippen MR) is 67.7 cm³/mol. The molecular weight excluding hydrogens is 256 g/mol. The van der Waals surface area contributed by atoms with Gasteiger partial charge in [0.2, 0.25) is 0 Å². The number of nitrogens with zero attached hydrogens (tertiary/aromatic N) is 3. The average molecular weight is 271 g/mol. The zero-order valence-corrected chi connectivity index (χ0v) is 10.4. The highest BCUT2D eigenvalue weighted by atomic mass is 19.3. The number of hydrogen-bond donors (Lipinski definition) is 3. The third-order valence-electron chi connectivity index (χ3n) is 2.48. The van der Waals surface area contributed by atoms with Crippen molar-refractivity contribution in [1.82, 2.24) is 14.4 Å². The molecule has 0 spiro atoms. The van der Waals surface area contributed by atoms with Crippen molar-refractivity contribution in [3.8, 4) is 0 Å². The van der Waals surface area contributed by atoms with Gasteiger partial charge < -0.3 is 20.1 Å². The largest absolute Gasteiger partial charge is 0.390 e. The van der Waals surface area contributed by atoms with Gasteiger partial charge in [0.25, 0.3) is 5.92 Å². The first kappa shape index (κ1) is 13.5. The van der Waals surface area contributed by atoms with Gasteiger partial charge in [0.1, 0.15) is 12.4 Å². The van der Waals surface area contributed by atoms with E-state index < -0.39 is 19.1 Å². The van der Waals surface area contributed by atoms with Gasteiger partial charge in [-0.15, -0.1) is 0 Å². The number of halogens is 2. The van der Waals surface area contributed by atoms with Crippen molar-refractivity contribution in [1.29, 1.82) is 0 Å². The third kappa shape index (κ3) is 3.08. The molecule has 0 unspecified atom stereocenters. The maximum Gasteiger partial charge on any atom is 0.287 e. The number of aliphatic hydroxyl groups excluding tert-OH is 1. The Morgan fingerprint density at radius 1 is 1.42 bits per heavy atom. The van der Waals surface area contributed by atoms with Crippen molar-refractivity contribution in [2.45, 2.75) is 12.8 Å². The highest BCUT2D eigenvalue weighted by Crippen LogP contribution is 2.19. The molecule has 0 atom stereocenters. The summed E-state index contributed by atoms with van der Waals surface area (Å²) >= 11 is 0. The number of fused-ring (bicyclic) bond motifs is 1. The van der Waals surface area contributed by atoms with Gasteiger partial charge in [0.05, 0.1) is 12.7 Å². The summed E-state index contributed by atoms with van der Waals surface area (Å²) in [5.41, 5.74) is 0.454. The fraction of sp³-hybridized carbons (Fsp3) is 0.455. The molecule has 0 bridgehead atoms. The minimum Gasteiger partial charge on any atom is -0.390 e. The second-order valence-corrected chi connectivity index (χ2v) is 4.03. The number of aliphatic hydroxyl groups is 1. The van der Waals surface area contributed by atoms with E-state index in [0.29, 0.717) is 18.0 Å². The first-order valence-corrected chi connectivity index (χ1v) is 5.86. The Hall–Kier alpha value is -1.96. The van der Waals surface area contributed by atoms with E-state index in [1.54, 1.807) is 23.0 Å². The Morgan fingerprint density at radius 3 is 2.89 bits per heavy atom. The van der Waals surface area contributed by atoms with Crippen LogP contribution < -0.4 is 10.6 Å². The van der Waals surface area contributed by atoms with E-state index in [9.17, 15) is 8.78 Å². The molecule has 19 heavy (non-hydrogen) atoms. The molecule has 0 fully saturated rings. The van der Waals surface area contributed by atoms with Crippen LogP contribution in [0.2, 0.25) is 0 Å². The molecule has 3 N–H and O–H groups in total. The Labute approximate surface area is 108 Å². The molecule has 2 rings (SSSR count). The van der Waals surface area contributed by atoms with Crippen LogP contribution in [0.5, 0.6) is 0 Å². The van der Waals surface area contributed by atoms with Gasteiger partial charge in [0.15, 0.2) is 11.5 Å². The molecule has 104 valence electrons. The lowest BCUT2D eigenvalue weighted by Crippen LogP contribution is -2.31. The van der Waals surface area contributed by atoms with E-state index in [0.717, 1.165) is 0 Å². The van der Waals surface area contributed by atoms with Gasteiger partial charge in [0, 0.05) is 18.9 Å². The lowest BCUT2D eigenvalue weighted by atomic mass is 10.3. The maximum absolute atomic E-state index is 13.0. The van der Waals surface area contributed by atoms with E-state index in [1.165, 1.54) is 0 Å². The predicted octanol–water partition coefficient (Wildman–Crippen LogP) is 1.20. The van der Waals surface area contributed by atoms with Crippen molar-refractivity contribution in [3.05, 3.63) is 18.6 Å². The second kappa shape index (κ2) is 5.35. The summed E-state index contributed by atoms with van der Waals surface area (Å²) in [6.07, 6.45) is 4.98. The highest BCUT2D eigenvalue weighted by Gasteiger charge is 2.27. The van der Waals surface area contributed by atoms with Crippen molar-refractivity contribution < 1.29 is 13.9 Å². The first-order valence-electron chi connectivity index (χ1n) is 5.86. The van der Waals surface area contributed by atoms with Crippen molar-refractivity contribution in [2.24, 2.45) is 0 Å². The maximum atomic E-state index is 13.0. The minimum atomic E-state index is -3.19. The zero-order valence-electron chi connectivity index (χ0n) is 10.4. The molecule has 2 aromatic rings. The van der Waals surface area contributed by atoms with E-state index in [1.807, 2.05) is 6.92 Å². The Balaban J connectivity index is 2.27. The van der Waals surface area contributed by atoms with Gasteiger partial charge in [-0.2, -0.15) is 0 Å². The molecule has 0 radical (unpaired) electrons. The van der Waals surface area contributed by atoms with Crippen LogP contribution in [-0.4, -0.2) is 45.1 Å². The fourth-order valence-electron chi connectivity index (χ4n) is 1.59. The van der Waals surface area contributed by atoms with Crippen LogP contribution in [0.3, 0.4) is 0 Å². The molecule has 0 saturated heterocycles. The molecule has 0 saturated carbocycles. The number of hydrogen-bond acceptors (Lipinski definition) is 5. The summed E-state index contributed by atoms with van der Waals surface area (Å²) in [4.78, 5) is 8.23. The summed E-state index contributed by atoms with van der Waals surface area (Å²) in [7, 11) is 0. The van der Waals surface area contributed by atoms with Gasteiger partial charge >= 0.3 is 0 Å². The number of alkyl halides is 2. The summed E-state index contributed by atoms with van der Waals surface area (Å²) in [6, 6.07) is 0. The molecule has 2 heterocycles. The Bertz CT molecular complexity index is 557. The zero-order chi connectivity index (χ0) is 13.9. The molecule has 0 aliphatic rings. The van der Waals surface area contributed by atoms with Crippen molar-refractivity contribution in [2.75, 3.05) is 30.3 Å². The standard InChI is InChI=1S/C11H15F2N5O/c1-2-14-8-5-18-4-3-15-10(18)9(17-8)16-6-11(12,13)7-19/h3-5,14,19H,2,6-7H2,1H3,(H,16,17). The molecule has 0 aliphatic carbocycles. The Morgan fingerprint density at radius 2 is 2.21 bits per heavy atom. The Kier molecular flexibility index (Phi) is 3.79. The number of anilines is 2. The topological polar surface area (TPSA) is 74.5 Å². The number of nitrogens with one attached hydrogen (secondary N) is 2. The fourth-order valence-corrected chi connectivity index (χ4v) is 1.59. The van der Waals surface area contributed by atoms with E-state index in [2.05, 4.69) is 20.6 Å². The van der Waals surface area contributed by atoms with Crippen LogP contribution in [0.15, 0.2) is 18.6 Å². The van der Waals surface area contributed by atoms with Gasteiger partial charge in [-0.25, -0.2) is 18.7 Å². The monoisotopic (exact) mass is 271 g/mol. The molecule has 0 aromatic carbocycles. The van der Waals surface area contributed by atoms with Gasteiger partial charge in [-0.3, -0.25) is 0 Å². The third-order valence-corrected chi connectivity index (χ3v) is 2.48. The van der Waals surface area contributed by atoms with Gasteiger partial charge in [-0.05, 0) is 6.92 Å². The van der Waals surface area contributed by atoms with E-state index in [4.69, 9.17) is 5.11 Å². The van der Waals surface area contributed by atoms with E-state index >= 15 is 0 Å². The smallest absolute Gasteiger partial charge is 0.287 e. The molecule has 0 amide bonds. The summed E-state index contributed by atoms with van der Waals surface area (Å²) in [5, 5.41) is 14.1. The van der Waals surface area contributed by atoms with Crippen LogP contribution in [0, 0.1) is 0 Å². The molecule has 2 aromatic heterocycles. The summed E-state index contributed by atoms with van der Waals surface area (Å²) in [6.45, 7) is 0.665. The number of rotatable bonds is 6. The average Bonchev–Trinajstić information content (AvgIpc) is 2.85. The molecule has 6 nitrogen and oxygen atoms in total. The molecule has 8 heteroatoms. The van der Waals surface area contributed by atoms with Gasteiger partial charge in [-0.1, -0.05) is 0 Å². The van der Waals surface area contributed by atoms with Crippen LogP contribution in [0.1, 0.15) is 6.92 Å². The minimum absolute atomic E-state index is 0.247. The lowest BCUT2D eigenvalue weighted by Gasteiger charge is -2.15. The number of imidazole rings is 1. The molecular formula is C11H15F2N5O.